The second kappa shape index (κ2) is 5.02. The highest BCUT2D eigenvalue weighted by atomic mass is 16.3. The molecule has 0 aromatic heterocycles. The Labute approximate surface area is 102 Å². The zero-order valence-electron chi connectivity index (χ0n) is 9.93. The number of aliphatic hydroxyl groups is 1. The molecule has 88 valence electrons. The van der Waals surface area contributed by atoms with Crippen LogP contribution >= 0.6 is 0 Å². The van der Waals surface area contributed by atoms with Gasteiger partial charge in [-0.15, -0.1) is 0 Å². The van der Waals surface area contributed by atoms with Crippen molar-refractivity contribution in [1.82, 2.24) is 0 Å². The Hall–Kier alpha value is -1.80. The molecule has 2 heteroatoms. The third kappa shape index (κ3) is 2.66. The monoisotopic (exact) mass is 227 g/mol. The Kier molecular flexibility index (Phi) is 3.45. The second-order valence-corrected chi connectivity index (χ2v) is 4.16. The highest BCUT2D eigenvalue weighted by Crippen LogP contribution is 2.23. The molecular formula is C15H17NO. The maximum absolute atomic E-state index is 10.2. The molecule has 0 spiro atoms. The van der Waals surface area contributed by atoms with Gasteiger partial charge in [0.2, 0.25) is 0 Å². The fourth-order valence-electron chi connectivity index (χ4n) is 1.81. The van der Waals surface area contributed by atoms with Gasteiger partial charge in [-0.05, 0) is 35.2 Å². The number of nitrogens with two attached hydrogens (primary N) is 1. The number of aryl methyl sites for hydroxylation is 1. The fraction of sp³-hybridized carbons (Fsp3) is 0.200. The van der Waals surface area contributed by atoms with Crippen molar-refractivity contribution in [2.24, 2.45) is 0 Å². The normalized spacial score (nSPS) is 12.4. The molecule has 0 fully saturated rings. The van der Waals surface area contributed by atoms with Gasteiger partial charge in [-0.2, -0.15) is 0 Å². The van der Waals surface area contributed by atoms with Crippen molar-refractivity contribution in [3.63, 3.8) is 0 Å². The fourth-order valence-corrected chi connectivity index (χ4v) is 1.81. The minimum atomic E-state index is -0.582. The molecule has 0 aliphatic heterocycles. The van der Waals surface area contributed by atoms with E-state index in [1.807, 2.05) is 24.3 Å². The van der Waals surface area contributed by atoms with Crippen LogP contribution in [0.2, 0.25) is 0 Å². The zero-order valence-corrected chi connectivity index (χ0v) is 9.93. The number of hydrogen-bond donors (Lipinski definition) is 2. The molecule has 0 aliphatic carbocycles. The maximum atomic E-state index is 10.2. The SMILES string of the molecule is CCc1ccc([C@@H](O)c2ccc(N)cc2)cc1. The lowest BCUT2D eigenvalue weighted by Gasteiger charge is -2.12. The van der Waals surface area contributed by atoms with Crippen LogP contribution in [0, 0.1) is 0 Å². The minimum Gasteiger partial charge on any atom is -0.399 e. The Morgan fingerprint density at radius 2 is 1.41 bits per heavy atom. The third-order valence-electron chi connectivity index (χ3n) is 2.96. The predicted molar refractivity (Wildman–Crippen MR) is 70.7 cm³/mol. The van der Waals surface area contributed by atoms with E-state index in [1.54, 1.807) is 12.1 Å². The van der Waals surface area contributed by atoms with E-state index >= 15 is 0 Å². The number of hydrogen-bond acceptors (Lipinski definition) is 2. The first-order chi connectivity index (χ1) is 8.20. The van der Waals surface area contributed by atoms with E-state index < -0.39 is 6.10 Å². The molecule has 3 N–H and O–H groups in total. The molecule has 2 aromatic rings. The van der Waals surface area contributed by atoms with E-state index in [0.717, 1.165) is 17.5 Å². The smallest absolute Gasteiger partial charge is 0.104 e. The number of benzene rings is 2. The molecule has 0 aliphatic rings. The van der Waals surface area contributed by atoms with Crippen molar-refractivity contribution in [2.45, 2.75) is 19.4 Å². The molecule has 0 heterocycles. The van der Waals surface area contributed by atoms with Crippen LogP contribution in [-0.4, -0.2) is 5.11 Å². The summed E-state index contributed by atoms with van der Waals surface area (Å²) < 4.78 is 0. The van der Waals surface area contributed by atoms with Crippen molar-refractivity contribution in [3.8, 4) is 0 Å². The molecule has 2 rings (SSSR count). The van der Waals surface area contributed by atoms with Crippen molar-refractivity contribution < 1.29 is 5.11 Å². The van der Waals surface area contributed by atoms with Gasteiger partial charge in [0.05, 0.1) is 0 Å². The standard InChI is InChI=1S/C15H17NO/c1-2-11-3-5-12(6-4-11)15(17)13-7-9-14(16)10-8-13/h3-10,15,17H,2,16H2,1H3/t15-/m1/s1. The van der Waals surface area contributed by atoms with Gasteiger partial charge >= 0.3 is 0 Å². The number of anilines is 1. The van der Waals surface area contributed by atoms with Crippen molar-refractivity contribution in [2.75, 3.05) is 5.73 Å². The van der Waals surface area contributed by atoms with Crippen LogP contribution in [-0.2, 0) is 6.42 Å². The van der Waals surface area contributed by atoms with E-state index in [-0.39, 0.29) is 0 Å². The number of nitrogen functional groups attached to an aromatic ring is 1. The van der Waals surface area contributed by atoms with Gasteiger partial charge < -0.3 is 10.8 Å². The van der Waals surface area contributed by atoms with Gasteiger partial charge in [-0.3, -0.25) is 0 Å². The molecule has 0 saturated heterocycles. The van der Waals surface area contributed by atoms with Crippen LogP contribution in [0.4, 0.5) is 5.69 Å². The lowest BCUT2D eigenvalue weighted by Crippen LogP contribution is -2.00. The van der Waals surface area contributed by atoms with Crippen LogP contribution in [0.25, 0.3) is 0 Å². The molecule has 1 atom stereocenters. The van der Waals surface area contributed by atoms with Gasteiger partial charge in [0.1, 0.15) is 6.10 Å². The maximum Gasteiger partial charge on any atom is 0.104 e. The summed E-state index contributed by atoms with van der Waals surface area (Å²) in [4.78, 5) is 0. The topological polar surface area (TPSA) is 46.2 Å². The summed E-state index contributed by atoms with van der Waals surface area (Å²) in [5.41, 5.74) is 9.38. The quantitative estimate of drug-likeness (QED) is 0.792. The summed E-state index contributed by atoms with van der Waals surface area (Å²) in [7, 11) is 0. The minimum absolute atomic E-state index is 0.582. The Balaban J connectivity index is 2.23. The van der Waals surface area contributed by atoms with Crippen LogP contribution in [0.3, 0.4) is 0 Å². The van der Waals surface area contributed by atoms with Crippen LogP contribution in [0.5, 0.6) is 0 Å². The van der Waals surface area contributed by atoms with Gasteiger partial charge in [0, 0.05) is 5.69 Å². The van der Waals surface area contributed by atoms with Gasteiger partial charge in [-0.25, -0.2) is 0 Å². The Bertz CT molecular complexity index is 473. The molecule has 2 nitrogen and oxygen atoms in total. The van der Waals surface area contributed by atoms with E-state index in [1.165, 1.54) is 5.56 Å². The van der Waals surface area contributed by atoms with E-state index in [0.29, 0.717) is 5.69 Å². The van der Waals surface area contributed by atoms with Gasteiger partial charge in [-0.1, -0.05) is 43.3 Å². The number of rotatable bonds is 3. The summed E-state index contributed by atoms with van der Waals surface area (Å²) in [6, 6.07) is 15.4. The Morgan fingerprint density at radius 1 is 0.941 bits per heavy atom. The molecule has 0 amide bonds. The van der Waals surface area contributed by atoms with E-state index in [2.05, 4.69) is 19.1 Å². The summed E-state index contributed by atoms with van der Waals surface area (Å²) in [5.74, 6) is 0. The molecule has 0 saturated carbocycles. The van der Waals surface area contributed by atoms with Crippen molar-refractivity contribution in [1.29, 1.82) is 0 Å². The van der Waals surface area contributed by atoms with Crippen molar-refractivity contribution >= 4 is 5.69 Å². The third-order valence-corrected chi connectivity index (χ3v) is 2.96. The van der Waals surface area contributed by atoms with Crippen LogP contribution < -0.4 is 5.73 Å². The molecule has 2 aromatic carbocycles. The first kappa shape index (κ1) is 11.7. The van der Waals surface area contributed by atoms with E-state index in [9.17, 15) is 5.11 Å². The molecular weight excluding hydrogens is 210 g/mol. The van der Waals surface area contributed by atoms with Crippen LogP contribution in [0.1, 0.15) is 29.7 Å². The first-order valence-corrected chi connectivity index (χ1v) is 5.83. The van der Waals surface area contributed by atoms with Gasteiger partial charge in [0.15, 0.2) is 0 Å². The lowest BCUT2D eigenvalue weighted by molar-refractivity contribution is 0.220. The highest BCUT2D eigenvalue weighted by molar-refractivity contribution is 5.42. The number of aliphatic hydroxyl groups excluding tert-OH is 1. The largest absolute Gasteiger partial charge is 0.399 e. The second-order valence-electron chi connectivity index (χ2n) is 4.16. The summed E-state index contributed by atoms with van der Waals surface area (Å²) in [6.07, 6.45) is 0.430. The van der Waals surface area contributed by atoms with Crippen LogP contribution in [0.15, 0.2) is 48.5 Å². The predicted octanol–water partition coefficient (Wildman–Crippen LogP) is 2.91. The molecule has 0 radical (unpaired) electrons. The highest BCUT2D eigenvalue weighted by Gasteiger charge is 2.09. The lowest BCUT2D eigenvalue weighted by atomic mass is 10.00. The van der Waals surface area contributed by atoms with Gasteiger partial charge in [0.25, 0.3) is 0 Å². The molecule has 0 bridgehead atoms. The summed E-state index contributed by atoms with van der Waals surface area (Å²) in [5, 5.41) is 10.2. The van der Waals surface area contributed by atoms with Crippen molar-refractivity contribution in [3.05, 3.63) is 65.2 Å². The first-order valence-electron chi connectivity index (χ1n) is 5.83. The molecule has 17 heavy (non-hydrogen) atoms. The summed E-state index contributed by atoms with van der Waals surface area (Å²) >= 11 is 0. The average molecular weight is 227 g/mol. The Morgan fingerprint density at radius 3 is 1.88 bits per heavy atom. The summed E-state index contributed by atoms with van der Waals surface area (Å²) in [6.45, 7) is 2.12. The average Bonchev–Trinajstić information content (AvgIpc) is 2.39. The molecule has 0 unspecified atom stereocenters. The van der Waals surface area contributed by atoms with E-state index in [4.69, 9.17) is 5.73 Å². The zero-order chi connectivity index (χ0) is 12.3.